The third-order valence-electron chi connectivity index (χ3n) is 5.01. The maximum absolute atomic E-state index is 12.9. The number of carbonyl (C=O) groups is 1. The van der Waals surface area contributed by atoms with Crippen LogP contribution < -0.4 is 10.7 Å². The summed E-state index contributed by atoms with van der Waals surface area (Å²) in [7, 11) is 0. The highest BCUT2D eigenvalue weighted by Crippen LogP contribution is 2.26. The first-order valence-corrected chi connectivity index (χ1v) is 9.48. The number of benzene rings is 2. The van der Waals surface area contributed by atoms with Gasteiger partial charge in [0.25, 0.3) is 5.91 Å². The van der Waals surface area contributed by atoms with Crippen LogP contribution in [0.3, 0.4) is 0 Å². The minimum Gasteiger partial charge on any atom is -0.346 e. The first kappa shape index (κ1) is 17.0. The van der Waals surface area contributed by atoms with Gasteiger partial charge in [-0.15, -0.1) is 0 Å². The van der Waals surface area contributed by atoms with Gasteiger partial charge in [-0.05, 0) is 61.6 Å². The maximum atomic E-state index is 12.9. The van der Waals surface area contributed by atoms with E-state index < -0.39 is 0 Å². The number of nitrogens with zero attached hydrogens (tertiary/aromatic N) is 1. The van der Waals surface area contributed by atoms with E-state index in [-0.39, 0.29) is 16.9 Å². The van der Waals surface area contributed by atoms with Gasteiger partial charge in [0.15, 0.2) is 0 Å². The lowest BCUT2D eigenvalue weighted by molar-refractivity contribution is 0.102. The molecule has 0 saturated carbocycles. The van der Waals surface area contributed by atoms with Crippen LogP contribution in [0.2, 0.25) is 0 Å². The molecule has 0 fully saturated rings. The van der Waals surface area contributed by atoms with E-state index in [1.54, 1.807) is 6.20 Å². The predicted molar refractivity (Wildman–Crippen MR) is 108 cm³/mol. The van der Waals surface area contributed by atoms with Crippen LogP contribution in [0.5, 0.6) is 0 Å². The largest absolute Gasteiger partial charge is 0.346 e. The van der Waals surface area contributed by atoms with Crippen molar-refractivity contribution in [2.24, 2.45) is 0 Å². The first-order chi connectivity index (χ1) is 12.5. The molecule has 0 saturated heterocycles. The summed E-state index contributed by atoms with van der Waals surface area (Å²) < 4.78 is 3.01. The van der Waals surface area contributed by atoms with Crippen LogP contribution >= 0.6 is 15.9 Å². The second-order valence-electron chi connectivity index (χ2n) is 6.85. The number of aromatic nitrogens is 1. The lowest BCUT2D eigenvalue weighted by Crippen LogP contribution is -2.26. The molecule has 1 aromatic heterocycles. The molecule has 132 valence electrons. The third kappa shape index (κ3) is 2.76. The van der Waals surface area contributed by atoms with Crippen molar-refractivity contribution in [1.29, 1.82) is 0 Å². The Morgan fingerprint density at radius 3 is 2.65 bits per heavy atom. The Kier molecular flexibility index (Phi) is 4.19. The van der Waals surface area contributed by atoms with E-state index in [1.807, 2.05) is 42.7 Å². The van der Waals surface area contributed by atoms with Crippen molar-refractivity contribution >= 4 is 38.4 Å². The summed E-state index contributed by atoms with van der Waals surface area (Å²) in [5.74, 6) is -0.356. The number of rotatable bonds is 2. The zero-order chi connectivity index (χ0) is 18.4. The van der Waals surface area contributed by atoms with Gasteiger partial charge >= 0.3 is 0 Å². The predicted octanol–water partition coefficient (Wildman–Crippen LogP) is 4.58. The lowest BCUT2D eigenvalue weighted by Gasteiger charge is -2.21. The Hall–Kier alpha value is -2.40. The van der Waals surface area contributed by atoms with Crippen molar-refractivity contribution in [3.63, 3.8) is 0 Å². The summed E-state index contributed by atoms with van der Waals surface area (Å²) in [5, 5.41) is 3.56. The molecule has 3 aromatic rings. The van der Waals surface area contributed by atoms with Crippen LogP contribution in [0.1, 0.15) is 33.5 Å². The molecule has 2 aromatic carbocycles. The highest BCUT2D eigenvalue weighted by Gasteiger charge is 2.20. The molecule has 2 heterocycles. The van der Waals surface area contributed by atoms with E-state index in [0.717, 1.165) is 46.2 Å². The number of hydrogen-bond donors (Lipinski definition) is 1. The number of nitrogens with one attached hydrogen (secondary N) is 1. The molecule has 1 aliphatic heterocycles. The molecule has 1 amide bonds. The topological polar surface area (TPSA) is 51.1 Å². The number of hydrogen-bond acceptors (Lipinski definition) is 2. The van der Waals surface area contributed by atoms with E-state index in [9.17, 15) is 9.59 Å². The standard InChI is InChI=1S/C21H19BrN2O2/c1-12-9-15(22)10-13(2)18(12)23-21(26)17-11-24-8-4-6-14-5-3-7-16(19(14)24)20(17)25/h3,5,7,9-11H,4,6,8H2,1-2H3,(H,23,26). The lowest BCUT2D eigenvalue weighted by atomic mass is 9.99. The summed E-state index contributed by atoms with van der Waals surface area (Å²) in [6.07, 6.45) is 3.70. The van der Waals surface area contributed by atoms with Gasteiger partial charge in [-0.1, -0.05) is 28.1 Å². The third-order valence-corrected chi connectivity index (χ3v) is 5.46. The Morgan fingerprint density at radius 1 is 1.19 bits per heavy atom. The minimum absolute atomic E-state index is 0.193. The van der Waals surface area contributed by atoms with Crippen LogP contribution in [0.4, 0.5) is 5.69 Å². The zero-order valence-corrected chi connectivity index (χ0v) is 16.3. The molecule has 1 N–H and O–H groups in total. The van der Waals surface area contributed by atoms with Gasteiger partial charge in [0.1, 0.15) is 5.56 Å². The van der Waals surface area contributed by atoms with Crippen LogP contribution in [0.25, 0.3) is 10.9 Å². The SMILES string of the molecule is Cc1cc(Br)cc(C)c1NC(=O)c1cn2c3c(cccc3c1=O)CCC2. The normalized spacial score (nSPS) is 13.0. The molecule has 26 heavy (non-hydrogen) atoms. The molecule has 5 heteroatoms. The van der Waals surface area contributed by atoms with Crippen molar-refractivity contribution in [3.05, 3.63) is 73.5 Å². The quantitative estimate of drug-likeness (QED) is 0.671. The maximum Gasteiger partial charge on any atom is 0.261 e. The van der Waals surface area contributed by atoms with Gasteiger partial charge < -0.3 is 9.88 Å². The minimum atomic E-state index is -0.356. The van der Waals surface area contributed by atoms with Crippen LogP contribution in [-0.2, 0) is 13.0 Å². The highest BCUT2D eigenvalue weighted by atomic mass is 79.9. The van der Waals surface area contributed by atoms with Gasteiger partial charge in [-0.25, -0.2) is 0 Å². The summed E-state index contributed by atoms with van der Waals surface area (Å²) in [4.78, 5) is 25.8. The number of para-hydroxylation sites is 1. The van der Waals surface area contributed by atoms with Gasteiger partial charge in [0, 0.05) is 28.3 Å². The molecule has 0 aliphatic carbocycles. The number of aryl methyl sites for hydroxylation is 4. The number of pyridine rings is 1. The van der Waals surface area contributed by atoms with Crippen LogP contribution in [0.15, 0.2) is 45.8 Å². The van der Waals surface area contributed by atoms with Crippen molar-refractivity contribution in [2.45, 2.75) is 33.2 Å². The fourth-order valence-corrected chi connectivity index (χ4v) is 4.49. The van der Waals surface area contributed by atoms with Crippen molar-refractivity contribution in [1.82, 2.24) is 4.57 Å². The molecule has 0 bridgehead atoms. The number of amides is 1. The van der Waals surface area contributed by atoms with Crippen LogP contribution in [0, 0.1) is 13.8 Å². The highest BCUT2D eigenvalue weighted by molar-refractivity contribution is 9.10. The molecule has 0 unspecified atom stereocenters. The summed E-state index contributed by atoms with van der Waals surface area (Å²) in [6, 6.07) is 9.68. The Balaban J connectivity index is 1.82. The van der Waals surface area contributed by atoms with Gasteiger partial charge in [-0.3, -0.25) is 9.59 Å². The summed E-state index contributed by atoms with van der Waals surface area (Å²) in [5.41, 5.74) is 4.80. The van der Waals surface area contributed by atoms with E-state index in [4.69, 9.17) is 0 Å². The molecule has 4 rings (SSSR count). The van der Waals surface area contributed by atoms with Crippen molar-refractivity contribution in [2.75, 3.05) is 5.32 Å². The number of carbonyl (C=O) groups excluding carboxylic acids is 1. The molecule has 1 aliphatic rings. The average molecular weight is 411 g/mol. The van der Waals surface area contributed by atoms with E-state index in [2.05, 4.69) is 27.3 Å². The van der Waals surface area contributed by atoms with Crippen LogP contribution in [-0.4, -0.2) is 10.5 Å². The van der Waals surface area contributed by atoms with Gasteiger partial charge in [0.05, 0.1) is 5.52 Å². The fourth-order valence-electron chi connectivity index (χ4n) is 3.81. The number of halogens is 1. The molecule has 0 atom stereocenters. The van der Waals surface area contributed by atoms with Crippen molar-refractivity contribution < 1.29 is 4.79 Å². The second-order valence-corrected chi connectivity index (χ2v) is 7.77. The fraction of sp³-hybridized carbons (Fsp3) is 0.238. The van der Waals surface area contributed by atoms with E-state index in [1.165, 1.54) is 5.56 Å². The molecular weight excluding hydrogens is 392 g/mol. The molecule has 0 radical (unpaired) electrons. The Bertz CT molecular complexity index is 1090. The first-order valence-electron chi connectivity index (χ1n) is 8.69. The molecular formula is C21H19BrN2O2. The summed E-state index contributed by atoms with van der Waals surface area (Å²) in [6.45, 7) is 4.71. The summed E-state index contributed by atoms with van der Waals surface area (Å²) >= 11 is 3.46. The van der Waals surface area contributed by atoms with Crippen molar-refractivity contribution in [3.8, 4) is 0 Å². The zero-order valence-electron chi connectivity index (χ0n) is 14.7. The second kappa shape index (κ2) is 6.40. The van der Waals surface area contributed by atoms with E-state index in [0.29, 0.717) is 5.39 Å². The molecule has 0 spiro atoms. The van der Waals surface area contributed by atoms with Gasteiger partial charge in [0.2, 0.25) is 5.43 Å². The number of anilines is 1. The van der Waals surface area contributed by atoms with E-state index >= 15 is 0 Å². The average Bonchev–Trinajstić information content (AvgIpc) is 2.61. The monoisotopic (exact) mass is 410 g/mol. The Morgan fingerprint density at radius 2 is 1.92 bits per heavy atom. The Labute approximate surface area is 160 Å². The smallest absolute Gasteiger partial charge is 0.261 e. The van der Waals surface area contributed by atoms with Gasteiger partial charge in [-0.2, -0.15) is 0 Å². The molecule has 4 nitrogen and oxygen atoms in total.